The highest BCUT2D eigenvalue weighted by molar-refractivity contribution is 9.10. The van der Waals surface area contributed by atoms with Crippen LogP contribution in [0.5, 0.6) is 0 Å². The molecule has 3 nitrogen and oxygen atoms in total. The average molecular weight is 293 g/mol. The Morgan fingerprint density at radius 2 is 2.06 bits per heavy atom. The van der Waals surface area contributed by atoms with E-state index in [1.807, 2.05) is 44.2 Å². The number of amides is 1. The number of hydrogen-bond acceptors (Lipinski definition) is 1. The fourth-order valence-electron chi connectivity index (χ4n) is 1.72. The molecule has 2 N–H and O–H groups in total. The maximum Gasteiger partial charge on any atom is 0.257 e. The molecule has 1 amide bonds. The van der Waals surface area contributed by atoms with Gasteiger partial charge in [-0.05, 0) is 38.1 Å². The highest BCUT2D eigenvalue weighted by Gasteiger charge is 2.11. The van der Waals surface area contributed by atoms with Gasteiger partial charge in [0.05, 0.1) is 5.56 Å². The standard InChI is InChI=1S/C13H13BrN2O/c1-8-6-12(9(2)15-8)13(17)16-11-5-3-4-10(14)7-11/h3-7,15H,1-2H3,(H,16,17). The van der Waals surface area contributed by atoms with Crippen LogP contribution in [0.2, 0.25) is 0 Å². The fourth-order valence-corrected chi connectivity index (χ4v) is 2.12. The van der Waals surface area contributed by atoms with Crippen molar-refractivity contribution >= 4 is 27.5 Å². The van der Waals surface area contributed by atoms with Crippen LogP contribution in [-0.4, -0.2) is 10.9 Å². The molecule has 2 aromatic rings. The highest BCUT2D eigenvalue weighted by Crippen LogP contribution is 2.17. The van der Waals surface area contributed by atoms with Crippen molar-refractivity contribution in [2.24, 2.45) is 0 Å². The first-order chi connectivity index (χ1) is 8.06. The van der Waals surface area contributed by atoms with Gasteiger partial charge in [0.2, 0.25) is 0 Å². The molecule has 2 rings (SSSR count). The number of aromatic amines is 1. The van der Waals surface area contributed by atoms with E-state index in [1.54, 1.807) is 0 Å². The summed E-state index contributed by atoms with van der Waals surface area (Å²) in [5.74, 6) is -0.0926. The average Bonchev–Trinajstić information content (AvgIpc) is 2.58. The second kappa shape index (κ2) is 4.75. The monoisotopic (exact) mass is 292 g/mol. The van der Waals surface area contributed by atoms with Gasteiger partial charge in [-0.15, -0.1) is 0 Å². The molecule has 0 fully saturated rings. The van der Waals surface area contributed by atoms with Crippen LogP contribution in [0.15, 0.2) is 34.8 Å². The Kier molecular flexibility index (Phi) is 3.33. The van der Waals surface area contributed by atoms with Gasteiger partial charge in [-0.2, -0.15) is 0 Å². The molecule has 17 heavy (non-hydrogen) atoms. The zero-order valence-corrected chi connectivity index (χ0v) is 11.3. The van der Waals surface area contributed by atoms with E-state index in [1.165, 1.54) is 0 Å². The number of H-pyrrole nitrogens is 1. The molecule has 0 saturated heterocycles. The Hall–Kier alpha value is -1.55. The molecule has 0 spiro atoms. The third-order valence-electron chi connectivity index (χ3n) is 2.48. The highest BCUT2D eigenvalue weighted by atomic mass is 79.9. The van der Waals surface area contributed by atoms with Crippen molar-refractivity contribution < 1.29 is 4.79 Å². The summed E-state index contributed by atoms with van der Waals surface area (Å²) < 4.78 is 0.942. The molecule has 0 aliphatic heterocycles. The summed E-state index contributed by atoms with van der Waals surface area (Å²) in [5, 5.41) is 2.86. The molecule has 1 aromatic heterocycles. The van der Waals surface area contributed by atoms with E-state index in [9.17, 15) is 4.79 Å². The maximum atomic E-state index is 12.0. The summed E-state index contributed by atoms with van der Waals surface area (Å²) in [6, 6.07) is 9.38. The smallest absolute Gasteiger partial charge is 0.257 e. The number of anilines is 1. The van der Waals surface area contributed by atoms with Gasteiger partial charge in [0, 0.05) is 21.5 Å². The van der Waals surface area contributed by atoms with Gasteiger partial charge in [0.15, 0.2) is 0 Å². The first-order valence-corrected chi connectivity index (χ1v) is 6.08. The lowest BCUT2D eigenvalue weighted by atomic mass is 10.2. The van der Waals surface area contributed by atoms with Crippen molar-refractivity contribution in [3.63, 3.8) is 0 Å². The summed E-state index contributed by atoms with van der Waals surface area (Å²) >= 11 is 3.37. The number of carbonyl (C=O) groups excluding carboxylic acids is 1. The lowest BCUT2D eigenvalue weighted by Crippen LogP contribution is -2.12. The largest absolute Gasteiger partial charge is 0.362 e. The summed E-state index contributed by atoms with van der Waals surface area (Å²) in [4.78, 5) is 15.1. The number of aromatic nitrogens is 1. The van der Waals surface area contributed by atoms with Crippen molar-refractivity contribution in [3.05, 3.63) is 51.8 Å². The van der Waals surface area contributed by atoms with Crippen LogP contribution in [0.3, 0.4) is 0 Å². The number of halogens is 1. The molecule has 0 bridgehead atoms. The molecule has 4 heteroatoms. The molecule has 88 valence electrons. The van der Waals surface area contributed by atoms with Crippen LogP contribution in [0.1, 0.15) is 21.7 Å². The maximum absolute atomic E-state index is 12.0. The van der Waals surface area contributed by atoms with Gasteiger partial charge in [0.25, 0.3) is 5.91 Å². The van der Waals surface area contributed by atoms with Gasteiger partial charge in [-0.25, -0.2) is 0 Å². The minimum atomic E-state index is -0.0926. The first kappa shape index (κ1) is 11.9. The van der Waals surface area contributed by atoms with E-state index in [4.69, 9.17) is 0 Å². The van der Waals surface area contributed by atoms with Crippen LogP contribution in [-0.2, 0) is 0 Å². The predicted octanol–water partition coefficient (Wildman–Crippen LogP) is 3.65. The predicted molar refractivity (Wildman–Crippen MR) is 72.4 cm³/mol. The minimum absolute atomic E-state index is 0.0926. The molecule has 0 saturated carbocycles. The van der Waals surface area contributed by atoms with Crippen LogP contribution < -0.4 is 5.32 Å². The Bertz CT molecular complexity index is 560. The molecule has 0 unspecified atom stereocenters. The van der Waals surface area contributed by atoms with E-state index in [0.717, 1.165) is 21.5 Å². The lowest BCUT2D eigenvalue weighted by Gasteiger charge is -2.04. The number of carbonyl (C=O) groups is 1. The van der Waals surface area contributed by atoms with Crippen LogP contribution in [0.4, 0.5) is 5.69 Å². The summed E-state index contributed by atoms with van der Waals surface area (Å²) in [6.07, 6.45) is 0. The minimum Gasteiger partial charge on any atom is -0.362 e. The van der Waals surface area contributed by atoms with Gasteiger partial charge in [-0.3, -0.25) is 4.79 Å². The summed E-state index contributed by atoms with van der Waals surface area (Å²) in [7, 11) is 0. The van der Waals surface area contributed by atoms with E-state index >= 15 is 0 Å². The number of benzene rings is 1. The second-order valence-corrected chi connectivity index (χ2v) is 4.87. The van der Waals surface area contributed by atoms with E-state index in [0.29, 0.717) is 5.56 Å². The molecule has 0 atom stereocenters. The van der Waals surface area contributed by atoms with Crippen molar-refractivity contribution in [1.82, 2.24) is 4.98 Å². The van der Waals surface area contributed by atoms with Gasteiger partial charge >= 0.3 is 0 Å². The Balaban J connectivity index is 2.20. The lowest BCUT2D eigenvalue weighted by molar-refractivity contribution is 0.102. The zero-order chi connectivity index (χ0) is 12.4. The van der Waals surface area contributed by atoms with E-state index in [2.05, 4.69) is 26.2 Å². The van der Waals surface area contributed by atoms with Gasteiger partial charge in [0.1, 0.15) is 0 Å². The van der Waals surface area contributed by atoms with Crippen LogP contribution >= 0.6 is 15.9 Å². The molecule has 0 radical (unpaired) electrons. The number of nitrogens with one attached hydrogen (secondary N) is 2. The number of hydrogen-bond donors (Lipinski definition) is 2. The third-order valence-corrected chi connectivity index (χ3v) is 2.97. The Labute approximate surface area is 108 Å². The SMILES string of the molecule is Cc1cc(C(=O)Nc2cccc(Br)c2)c(C)[nH]1. The molecule has 0 aliphatic rings. The van der Waals surface area contributed by atoms with Crippen molar-refractivity contribution in [3.8, 4) is 0 Å². The summed E-state index contributed by atoms with van der Waals surface area (Å²) in [6.45, 7) is 3.83. The van der Waals surface area contributed by atoms with Crippen LogP contribution in [0, 0.1) is 13.8 Å². The van der Waals surface area contributed by atoms with Gasteiger partial charge < -0.3 is 10.3 Å². The third kappa shape index (κ3) is 2.77. The Morgan fingerprint density at radius 3 is 2.65 bits per heavy atom. The zero-order valence-electron chi connectivity index (χ0n) is 9.67. The van der Waals surface area contributed by atoms with Crippen molar-refractivity contribution in [1.29, 1.82) is 0 Å². The number of aryl methyl sites for hydroxylation is 2. The normalized spacial score (nSPS) is 10.3. The van der Waals surface area contributed by atoms with Gasteiger partial charge in [-0.1, -0.05) is 22.0 Å². The molecule has 1 heterocycles. The quantitative estimate of drug-likeness (QED) is 0.872. The topological polar surface area (TPSA) is 44.9 Å². The molecule has 0 aliphatic carbocycles. The second-order valence-electron chi connectivity index (χ2n) is 3.96. The molecular formula is C13H13BrN2O. The van der Waals surface area contributed by atoms with E-state index < -0.39 is 0 Å². The van der Waals surface area contributed by atoms with Crippen molar-refractivity contribution in [2.75, 3.05) is 5.32 Å². The van der Waals surface area contributed by atoms with Crippen LogP contribution in [0.25, 0.3) is 0 Å². The summed E-state index contributed by atoms with van der Waals surface area (Å²) in [5.41, 5.74) is 3.34. The number of rotatable bonds is 2. The van der Waals surface area contributed by atoms with E-state index in [-0.39, 0.29) is 5.91 Å². The van der Waals surface area contributed by atoms with Crippen molar-refractivity contribution in [2.45, 2.75) is 13.8 Å². The first-order valence-electron chi connectivity index (χ1n) is 5.29. The Morgan fingerprint density at radius 1 is 1.29 bits per heavy atom. The molecule has 1 aromatic carbocycles. The molecular weight excluding hydrogens is 280 g/mol. The fraction of sp³-hybridized carbons (Fsp3) is 0.154.